The molecule has 0 atom stereocenters. The van der Waals surface area contributed by atoms with Gasteiger partial charge in [-0.05, 0) is 35.8 Å². The summed E-state index contributed by atoms with van der Waals surface area (Å²) in [6.45, 7) is 2.04. The Morgan fingerprint density at radius 1 is 1.17 bits per heavy atom. The molecule has 0 heterocycles. The van der Waals surface area contributed by atoms with Gasteiger partial charge in [0.2, 0.25) is 0 Å². The SMILES string of the molecule is CCc1ccc(/C=C(\C#N)C(=O)Nc2ccccc2C(=O)O)cc1. The molecule has 0 fully saturated rings. The van der Waals surface area contributed by atoms with Crippen molar-refractivity contribution in [3.05, 3.63) is 70.8 Å². The maximum Gasteiger partial charge on any atom is 0.337 e. The molecular formula is C19H16N2O3. The predicted octanol–water partition coefficient (Wildman–Crippen LogP) is 3.49. The number of carboxylic acid groups (broad SMARTS) is 1. The van der Waals surface area contributed by atoms with E-state index >= 15 is 0 Å². The minimum atomic E-state index is -1.15. The standard InChI is InChI=1S/C19H16N2O3/c1-2-13-7-9-14(10-8-13)11-15(12-20)18(22)21-17-6-4-3-5-16(17)19(23)24/h3-11H,2H2,1H3,(H,21,22)(H,23,24)/b15-11+. The van der Waals surface area contributed by atoms with Gasteiger partial charge in [-0.2, -0.15) is 5.26 Å². The summed E-state index contributed by atoms with van der Waals surface area (Å²) in [6.07, 6.45) is 2.37. The molecule has 0 aliphatic carbocycles. The Hall–Kier alpha value is -3.39. The van der Waals surface area contributed by atoms with Gasteiger partial charge < -0.3 is 10.4 Å². The van der Waals surface area contributed by atoms with E-state index in [2.05, 4.69) is 5.32 Å². The van der Waals surface area contributed by atoms with Crippen LogP contribution in [0.25, 0.3) is 6.08 Å². The highest BCUT2D eigenvalue weighted by molar-refractivity contribution is 6.11. The second kappa shape index (κ2) is 7.75. The highest BCUT2D eigenvalue weighted by atomic mass is 16.4. The van der Waals surface area contributed by atoms with Crippen molar-refractivity contribution in [1.82, 2.24) is 0 Å². The largest absolute Gasteiger partial charge is 0.478 e. The molecule has 0 spiro atoms. The Kier molecular flexibility index (Phi) is 5.48. The fraction of sp³-hybridized carbons (Fsp3) is 0.105. The van der Waals surface area contributed by atoms with Gasteiger partial charge in [0.05, 0.1) is 11.3 Å². The van der Waals surface area contributed by atoms with Crippen molar-refractivity contribution in [1.29, 1.82) is 5.26 Å². The summed E-state index contributed by atoms with van der Waals surface area (Å²) in [4.78, 5) is 23.4. The molecule has 2 N–H and O–H groups in total. The second-order valence-electron chi connectivity index (χ2n) is 5.07. The molecule has 2 aromatic carbocycles. The number of para-hydroxylation sites is 1. The Balaban J connectivity index is 2.25. The summed E-state index contributed by atoms with van der Waals surface area (Å²) in [5.41, 5.74) is 1.91. The van der Waals surface area contributed by atoms with Crippen LogP contribution >= 0.6 is 0 Å². The number of nitrogens with one attached hydrogen (secondary N) is 1. The normalized spacial score (nSPS) is 10.8. The average molecular weight is 320 g/mol. The van der Waals surface area contributed by atoms with E-state index in [1.54, 1.807) is 12.1 Å². The molecule has 1 amide bonds. The summed E-state index contributed by atoms with van der Waals surface area (Å²) in [6, 6.07) is 15.4. The number of hydrogen-bond acceptors (Lipinski definition) is 3. The number of anilines is 1. The number of carboxylic acids is 1. The van der Waals surface area contributed by atoms with Crippen LogP contribution < -0.4 is 5.32 Å². The van der Waals surface area contributed by atoms with Gasteiger partial charge in [0.1, 0.15) is 11.6 Å². The third kappa shape index (κ3) is 4.08. The zero-order valence-electron chi connectivity index (χ0n) is 13.1. The molecule has 0 unspecified atom stereocenters. The molecule has 0 saturated carbocycles. The number of nitrogens with zero attached hydrogens (tertiary/aromatic N) is 1. The summed E-state index contributed by atoms with van der Waals surface area (Å²) in [5, 5.41) is 20.8. The fourth-order valence-electron chi connectivity index (χ4n) is 2.13. The minimum absolute atomic E-state index is 0.0320. The number of hydrogen-bond donors (Lipinski definition) is 2. The molecule has 5 heteroatoms. The predicted molar refractivity (Wildman–Crippen MR) is 91.4 cm³/mol. The van der Waals surface area contributed by atoms with Crippen molar-refractivity contribution in [2.45, 2.75) is 13.3 Å². The Labute approximate surface area is 139 Å². The lowest BCUT2D eigenvalue weighted by Crippen LogP contribution is -2.16. The second-order valence-corrected chi connectivity index (χ2v) is 5.07. The van der Waals surface area contributed by atoms with Crippen LogP contribution in [-0.4, -0.2) is 17.0 Å². The van der Waals surface area contributed by atoms with Crippen molar-refractivity contribution in [2.24, 2.45) is 0 Å². The van der Waals surface area contributed by atoms with Crippen molar-refractivity contribution < 1.29 is 14.7 Å². The van der Waals surface area contributed by atoms with Gasteiger partial charge in [0, 0.05) is 0 Å². The van der Waals surface area contributed by atoms with Crippen LogP contribution in [0.1, 0.15) is 28.4 Å². The first kappa shape index (κ1) is 17.0. The molecule has 5 nitrogen and oxygen atoms in total. The average Bonchev–Trinajstić information content (AvgIpc) is 2.60. The third-order valence-corrected chi connectivity index (χ3v) is 3.47. The fourth-order valence-corrected chi connectivity index (χ4v) is 2.13. The number of carbonyl (C=O) groups excluding carboxylic acids is 1. The van der Waals surface area contributed by atoms with E-state index < -0.39 is 11.9 Å². The van der Waals surface area contributed by atoms with Gasteiger partial charge in [-0.3, -0.25) is 4.79 Å². The number of aryl methyl sites for hydroxylation is 1. The minimum Gasteiger partial charge on any atom is -0.478 e. The molecule has 120 valence electrons. The molecule has 0 aliphatic heterocycles. The monoisotopic (exact) mass is 320 g/mol. The van der Waals surface area contributed by atoms with Gasteiger partial charge >= 0.3 is 5.97 Å². The summed E-state index contributed by atoms with van der Waals surface area (Å²) in [7, 11) is 0. The Morgan fingerprint density at radius 2 is 1.83 bits per heavy atom. The van der Waals surface area contributed by atoms with Crippen molar-refractivity contribution in [3.63, 3.8) is 0 Å². The van der Waals surface area contributed by atoms with Gasteiger partial charge in [0.25, 0.3) is 5.91 Å². The molecule has 0 radical (unpaired) electrons. The maximum atomic E-state index is 12.3. The van der Waals surface area contributed by atoms with Crippen LogP contribution in [0.2, 0.25) is 0 Å². The van der Waals surface area contributed by atoms with Crippen LogP contribution in [0.15, 0.2) is 54.1 Å². The van der Waals surface area contributed by atoms with E-state index in [9.17, 15) is 14.9 Å². The zero-order chi connectivity index (χ0) is 17.5. The lowest BCUT2D eigenvalue weighted by molar-refractivity contribution is -0.112. The highest BCUT2D eigenvalue weighted by Crippen LogP contribution is 2.17. The number of rotatable bonds is 5. The van der Waals surface area contributed by atoms with Crippen molar-refractivity contribution in [3.8, 4) is 6.07 Å². The first-order chi connectivity index (χ1) is 11.5. The number of benzene rings is 2. The van der Waals surface area contributed by atoms with Crippen molar-refractivity contribution in [2.75, 3.05) is 5.32 Å². The molecule has 2 rings (SSSR count). The zero-order valence-corrected chi connectivity index (χ0v) is 13.1. The van der Waals surface area contributed by atoms with E-state index in [1.165, 1.54) is 18.2 Å². The number of nitriles is 1. The molecule has 2 aromatic rings. The van der Waals surface area contributed by atoms with Gasteiger partial charge in [0.15, 0.2) is 0 Å². The molecule has 0 aliphatic rings. The van der Waals surface area contributed by atoms with Gasteiger partial charge in [-0.15, -0.1) is 0 Å². The van der Waals surface area contributed by atoms with E-state index in [0.29, 0.717) is 0 Å². The van der Waals surface area contributed by atoms with Crippen LogP contribution in [-0.2, 0) is 11.2 Å². The van der Waals surface area contributed by atoms with Crippen LogP contribution in [0.4, 0.5) is 5.69 Å². The summed E-state index contributed by atoms with van der Waals surface area (Å²) < 4.78 is 0. The smallest absolute Gasteiger partial charge is 0.337 e. The number of aromatic carboxylic acids is 1. The van der Waals surface area contributed by atoms with E-state index in [4.69, 9.17) is 5.11 Å². The molecular weight excluding hydrogens is 304 g/mol. The molecule has 24 heavy (non-hydrogen) atoms. The van der Waals surface area contributed by atoms with Crippen LogP contribution in [0.3, 0.4) is 0 Å². The van der Waals surface area contributed by atoms with E-state index in [1.807, 2.05) is 37.3 Å². The van der Waals surface area contributed by atoms with Crippen molar-refractivity contribution >= 4 is 23.6 Å². The summed E-state index contributed by atoms with van der Waals surface area (Å²) >= 11 is 0. The maximum absolute atomic E-state index is 12.3. The third-order valence-electron chi connectivity index (χ3n) is 3.47. The molecule has 0 bridgehead atoms. The quantitative estimate of drug-likeness (QED) is 0.652. The number of carbonyl (C=O) groups is 2. The highest BCUT2D eigenvalue weighted by Gasteiger charge is 2.14. The van der Waals surface area contributed by atoms with E-state index in [0.717, 1.165) is 17.5 Å². The first-order valence-electron chi connectivity index (χ1n) is 7.39. The van der Waals surface area contributed by atoms with Crippen LogP contribution in [0.5, 0.6) is 0 Å². The molecule has 0 saturated heterocycles. The van der Waals surface area contributed by atoms with Crippen LogP contribution in [0, 0.1) is 11.3 Å². The first-order valence-corrected chi connectivity index (χ1v) is 7.39. The lowest BCUT2D eigenvalue weighted by atomic mass is 10.1. The van der Waals surface area contributed by atoms with Gasteiger partial charge in [-0.25, -0.2) is 4.79 Å². The topological polar surface area (TPSA) is 90.2 Å². The lowest BCUT2D eigenvalue weighted by Gasteiger charge is -2.07. The Bertz CT molecular complexity index is 830. The van der Waals surface area contributed by atoms with Gasteiger partial charge in [-0.1, -0.05) is 43.3 Å². The number of amides is 1. The Morgan fingerprint density at radius 3 is 2.42 bits per heavy atom. The molecule has 0 aromatic heterocycles. The summed E-state index contributed by atoms with van der Waals surface area (Å²) in [5.74, 6) is -1.80. The van der Waals surface area contributed by atoms with E-state index in [-0.39, 0.29) is 16.8 Å².